The number of hydrogen-bond acceptors (Lipinski definition) is 5. The van der Waals surface area contributed by atoms with Crippen molar-refractivity contribution in [1.29, 1.82) is 0 Å². The van der Waals surface area contributed by atoms with E-state index in [1.807, 2.05) is 54.6 Å². The van der Waals surface area contributed by atoms with Crippen LogP contribution in [0.4, 0.5) is 0 Å². The number of esters is 1. The maximum Gasteiger partial charge on any atom is 0.312 e. The van der Waals surface area contributed by atoms with E-state index in [2.05, 4.69) is 4.90 Å². The van der Waals surface area contributed by atoms with E-state index >= 15 is 0 Å². The quantitative estimate of drug-likeness (QED) is 0.414. The molecule has 0 aliphatic carbocycles. The zero-order chi connectivity index (χ0) is 23.4. The lowest BCUT2D eigenvalue weighted by atomic mass is 9.71. The van der Waals surface area contributed by atoms with Gasteiger partial charge in [0.25, 0.3) is 10.0 Å². The summed E-state index contributed by atoms with van der Waals surface area (Å²) in [6, 6.07) is 25.5. The van der Waals surface area contributed by atoms with Gasteiger partial charge in [-0.2, -0.15) is 0 Å². The molecule has 4 aromatic rings. The highest BCUT2D eigenvalue weighted by Crippen LogP contribution is 2.57. The molecule has 3 atom stereocenters. The number of benzene rings is 3. The fraction of sp³-hybridized carbons (Fsp3) is 0.222. The van der Waals surface area contributed by atoms with E-state index in [0.717, 1.165) is 23.1 Å². The van der Waals surface area contributed by atoms with Crippen LogP contribution in [0.25, 0.3) is 10.9 Å². The third kappa shape index (κ3) is 2.90. The van der Waals surface area contributed by atoms with E-state index < -0.39 is 15.9 Å². The Morgan fingerprint density at radius 1 is 0.882 bits per heavy atom. The molecule has 7 heteroatoms. The number of carbonyl (C=O) groups is 1. The number of ether oxygens (including phenoxy) is 1. The first-order valence-electron chi connectivity index (χ1n) is 11.4. The third-order valence-electron chi connectivity index (χ3n) is 7.17. The van der Waals surface area contributed by atoms with E-state index in [9.17, 15) is 13.2 Å². The predicted octanol–water partition coefficient (Wildman–Crippen LogP) is 4.32. The number of aromatic nitrogens is 1. The zero-order valence-corrected chi connectivity index (χ0v) is 19.5. The summed E-state index contributed by atoms with van der Waals surface area (Å²) in [7, 11) is -2.49. The first kappa shape index (κ1) is 21.1. The van der Waals surface area contributed by atoms with E-state index in [4.69, 9.17) is 4.74 Å². The smallest absolute Gasteiger partial charge is 0.312 e. The number of hydrogen-bond donors (Lipinski definition) is 0. The highest BCUT2D eigenvalue weighted by Gasteiger charge is 2.58. The Bertz CT molecular complexity index is 1500. The molecule has 0 saturated carbocycles. The summed E-state index contributed by atoms with van der Waals surface area (Å²) in [5.74, 6) is -0.822. The van der Waals surface area contributed by atoms with Gasteiger partial charge in [0.05, 0.1) is 41.2 Å². The van der Waals surface area contributed by atoms with Gasteiger partial charge in [0.1, 0.15) is 0 Å². The summed E-state index contributed by atoms with van der Waals surface area (Å²) in [6.45, 7) is 0.740. The summed E-state index contributed by atoms with van der Waals surface area (Å²) in [6.07, 6.45) is 0.709. The molecule has 2 aliphatic rings. The molecular formula is C27H24N2O4S. The minimum atomic E-state index is -3.89. The van der Waals surface area contributed by atoms with Crippen LogP contribution in [0.5, 0.6) is 0 Å². The molecule has 6 rings (SSSR count). The molecule has 34 heavy (non-hydrogen) atoms. The highest BCUT2D eigenvalue weighted by molar-refractivity contribution is 7.90. The average Bonchev–Trinajstić information content (AvgIpc) is 3.19. The molecule has 2 aliphatic heterocycles. The molecule has 0 radical (unpaired) electrons. The van der Waals surface area contributed by atoms with Crippen molar-refractivity contribution < 1.29 is 17.9 Å². The zero-order valence-electron chi connectivity index (χ0n) is 18.7. The first-order chi connectivity index (χ1) is 16.5. The Morgan fingerprint density at radius 3 is 2.24 bits per heavy atom. The van der Waals surface area contributed by atoms with E-state index in [-0.39, 0.29) is 22.9 Å². The van der Waals surface area contributed by atoms with Gasteiger partial charge < -0.3 is 4.74 Å². The van der Waals surface area contributed by atoms with Gasteiger partial charge >= 0.3 is 5.97 Å². The number of methoxy groups -OCH3 is 1. The van der Waals surface area contributed by atoms with Gasteiger partial charge in [-0.15, -0.1) is 0 Å². The fourth-order valence-corrected chi connectivity index (χ4v) is 7.37. The normalized spacial score (nSPS) is 22.0. The van der Waals surface area contributed by atoms with Crippen molar-refractivity contribution in [2.24, 2.45) is 5.92 Å². The second-order valence-corrected chi connectivity index (χ2v) is 10.6. The molecule has 0 spiro atoms. The van der Waals surface area contributed by atoms with Crippen LogP contribution in [0.15, 0.2) is 89.8 Å². The van der Waals surface area contributed by atoms with Gasteiger partial charge in [0, 0.05) is 11.9 Å². The van der Waals surface area contributed by atoms with Crippen molar-refractivity contribution in [1.82, 2.24) is 8.87 Å². The Labute approximate surface area is 198 Å². The maximum absolute atomic E-state index is 14.0. The van der Waals surface area contributed by atoms with Crippen LogP contribution in [-0.4, -0.2) is 36.9 Å². The summed E-state index contributed by atoms with van der Waals surface area (Å²) in [5.41, 5.74) is 3.35. The number of rotatable bonds is 4. The summed E-state index contributed by atoms with van der Waals surface area (Å²) in [5, 5.41) is 0.920. The van der Waals surface area contributed by atoms with Crippen LogP contribution >= 0.6 is 0 Å². The molecule has 1 fully saturated rings. The topological polar surface area (TPSA) is 68.6 Å². The highest BCUT2D eigenvalue weighted by atomic mass is 32.2. The Hall–Kier alpha value is -3.42. The Morgan fingerprint density at radius 2 is 1.53 bits per heavy atom. The van der Waals surface area contributed by atoms with Gasteiger partial charge in [0.15, 0.2) is 0 Å². The molecule has 0 amide bonds. The van der Waals surface area contributed by atoms with Crippen LogP contribution in [0.3, 0.4) is 0 Å². The molecule has 1 saturated heterocycles. The van der Waals surface area contributed by atoms with Crippen LogP contribution in [0.1, 0.15) is 28.9 Å². The van der Waals surface area contributed by atoms with Gasteiger partial charge in [-0.1, -0.05) is 66.7 Å². The fourth-order valence-electron chi connectivity index (χ4n) is 5.76. The summed E-state index contributed by atoms with van der Waals surface area (Å²) >= 11 is 0. The number of para-hydroxylation sites is 1. The lowest BCUT2D eigenvalue weighted by Crippen LogP contribution is -2.58. The van der Waals surface area contributed by atoms with Crippen molar-refractivity contribution in [3.05, 3.63) is 102 Å². The lowest BCUT2D eigenvalue weighted by molar-refractivity contribution is -0.168. The summed E-state index contributed by atoms with van der Waals surface area (Å²) in [4.78, 5) is 15.6. The van der Waals surface area contributed by atoms with E-state index in [1.165, 1.54) is 11.1 Å². The molecule has 3 heterocycles. The monoisotopic (exact) mass is 472 g/mol. The molecule has 0 N–H and O–H groups in total. The maximum atomic E-state index is 14.0. The van der Waals surface area contributed by atoms with Crippen LogP contribution in [0.2, 0.25) is 0 Å². The third-order valence-corrected chi connectivity index (χ3v) is 8.91. The SMILES string of the molecule is COC(=O)[C@H]1[C@@H](c2ccccc2)N2CCc3c(n(S(=O)(=O)c4ccccc4)c4ccccc34)[C@H]12. The first-order valence-corrected chi connectivity index (χ1v) is 12.8. The number of carbonyl (C=O) groups excluding carboxylic acids is 1. The van der Waals surface area contributed by atoms with Crippen LogP contribution in [-0.2, 0) is 26.0 Å². The lowest BCUT2D eigenvalue weighted by Gasteiger charge is -2.56. The van der Waals surface area contributed by atoms with E-state index in [0.29, 0.717) is 17.6 Å². The van der Waals surface area contributed by atoms with Gasteiger partial charge in [0.2, 0.25) is 0 Å². The van der Waals surface area contributed by atoms with Gasteiger partial charge in [-0.25, -0.2) is 12.4 Å². The largest absolute Gasteiger partial charge is 0.469 e. The molecule has 0 bridgehead atoms. The average molecular weight is 473 g/mol. The van der Waals surface area contributed by atoms with Crippen molar-refractivity contribution >= 4 is 26.9 Å². The molecule has 3 aromatic carbocycles. The van der Waals surface area contributed by atoms with Crippen LogP contribution in [0, 0.1) is 5.92 Å². The van der Waals surface area contributed by atoms with Crippen LogP contribution < -0.4 is 0 Å². The van der Waals surface area contributed by atoms with E-state index in [1.54, 1.807) is 30.3 Å². The summed E-state index contributed by atoms with van der Waals surface area (Å²) < 4.78 is 34.7. The van der Waals surface area contributed by atoms with Crippen molar-refractivity contribution in [2.75, 3.05) is 13.7 Å². The standard InChI is InChI=1S/C27H24N2O4S/c1-33-27(30)23-24(18-10-4-2-5-11-18)28-17-16-21-20-14-8-9-15-22(20)29(25(21)26(23)28)34(31,32)19-12-6-3-7-13-19/h2-15,23-24,26H,16-17H2,1H3/t23-,24+,26-/m0/s1. The van der Waals surface area contributed by atoms with Crippen molar-refractivity contribution in [3.63, 3.8) is 0 Å². The molecule has 172 valence electrons. The van der Waals surface area contributed by atoms with Gasteiger partial charge in [-0.05, 0) is 35.7 Å². The molecule has 1 aromatic heterocycles. The van der Waals surface area contributed by atoms with Crippen molar-refractivity contribution in [3.8, 4) is 0 Å². The van der Waals surface area contributed by atoms with Crippen molar-refractivity contribution in [2.45, 2.75) is 23.4 Å². The Kier molecular flexibility index (Phi) is 4.86. The number of fused-ring (bicyclic) bond motifs is 5. The minimum absolute atomic E-state index is 0.155. The Balaban J connectivity index is 1.60. The molecule has 0 unspecified atom stereocenters. The number of nitrogens with zero attached hydrogens (tertiary/aromatic N) is 2. The van der Waals surface area contributed by atoms with Gasteiger partial charge in [-0.3, -0.25) is 9.69 Å². The molecule has 6 nitrogen and oxygen atoms in total. The second kappa shape index (κ2) is 7.82. The molecular weight excluding hydrogens is 448 g/mol. The minimum Gasteiger partial charge on any atom is -0.469 e. The predicted molar refractivity (Wildman–Crippen MR) is 129 cm³/mol. The second-order valence-electron chi connectivity index (χ2n) is 8.80.